The van der Waals surface area contributed by atoms with Crippen molar-refractivity contribution in [3.63, 3.8) is 0 Å². The summed E-state index contributed by atoms with van der Waals surface area (Å²) in [6.07, 6.45) is 1.85. The van der Waals surface area contributed by atoms with Crippen LogP contribution >= 0.6 is 0 Å². The highest BCUT2D eigenvalue weighted by molar-refractivity contribution is 6.36. The predicted molar refractivity (Wildman–Crippen MR) is 55.0 cm³/mol. The van der Waals surface area contributed by atoms with E-state index in [1.165, 1.54) is 6.92 Å². The van der Waals surface area contributed by atoms with E-state index < -0.39 is 11.6 Å². The lowest BCUT2D eigenvalue weighted by Gasteiger charge is -2.37. The Morgan fingerprint density at radius 2 is 2.31 bits per heavy atom. The van der Waals surface area contributed by atoms with Crippen LogP contribution in [0.2, 0.25) is 0 Å². The molecule has 88 valence electrons. The first-order valence-electron chi connectivity index (χ1n) is 5.26. The standard InChI is InChI=1S/C10H14N2O4/c1-7(13)12-4-2-3-10(6-12)5-8(9(14)15)11-16-10/h2-6H2,1H3,(H,14,15). The van der Waals surface area contributed by atoms with Gasteiger partial charge in [0.2, 0.25) is 5.91 Å². The van der Waals surface area contributed by atoms with Crippen molar-refractivity contribution >= 4 is 17.6 Å². The van der Waals surface area contributed by atoms with Gasteiger partial charge in [-0.3, -0.25) is 4.79 Å². The first-order valence-corrected chi connectivity index (χ1v) is 5.26. The molecule has 2 aliphatic heterocycles. The molecule has 1 unspecified atom stereocenters. The fourth-order valence-electron chi connectivity index (χ4n) is 2.22. The fraction of sp³-hybridized carbons (Fsp3) is 0.700. The Labute approximate surface area is 92.9 Å². The highest BCUT2D eigenvalue weighted by atomic mass is 16.7. The number of carboxylic acids is 1. The third-order valence-corrected chi connectivity index (χ3v) is 3.07. The molecule has 6 heteroatoms. The number of carbonyl (C=O) groups excluding carboxylic acids is 1. The monoisotopic (exact) mass is 226 g/mol. The molecule has 1 N–H and O–H groups in total. The van der Waals surface area contributed by atoms with E-state index in [1.54, 1.807) is 4.90 Å². The van der Waals surface area contributed by atoms with Crippen LogP contribution in [-0.2, 0) is 14.4 Å². The van der Waals surface area contributed by atoms with Crippen molar-refractivity contribution < 1.29 is 19.5 Å². The number of nitrogens with zero attached hydrogens (tertiary/aromatic N) is 2. The molecule has 1 saturated heterocycles. The van der Waals surface area contributed by atoms with E-state index in [0.717, 1.165) is 12.8 Å². The molecule has 2 aliphatic rings. The quantitative estimate of drug-likeness (QED) is 0.694. The third-order valence-electron chi connectivity index (χ3n) is 3.07. The molecular formula is C10H14N2O4. The van der Waals surface area contributed by atoms with E-state index in [-0.39, 0.29) is 18.0 Å². The van der Waals surface area contributed by atoms with Crippen molar-refractivity contribution in [2.45, 2.75) is 31.8 Å². The van der Waals surface area contributed by atoms with Gasteiger partial charge in [0.25, 0.3) is 0 Å². The Bertz CT molecular complexity index is 366. The van der Waals surface area contributed by atoms with Crippen molar-refractivity contribution in [3.8, 4) is 0 Å². The molecular weight excluding hydrogens is 212 g/mol. The van der Waals surface area contributed by atoms with Crippen LogP contribution in [0.15, 0.2) is 5.16 Å². The Morgan fingerprint density at radius 1 is 1.56 bits per heavy atom. The van der Waals surface area contributed by atoms with E-state index in [1.807, 2.05) is 0 Å². The lowest BCUT2D eigenvalue weighted by atomic mass is 9.88. The van der Waals surface area contributed by atoms with Crippen LogP contribution in [0.5, 0.6) is 0 Å². The van der Waals surface area contributed by atoms with Gasteiger partial charge >= 0.3 is 5.97 Å². The second kappa shape index (κ2) is 3.77. The second-order valence-corrected chi connectivity index (χ2v) is 4.34. The summed E-state index contributed by atoms with van der Waals surface area (Å²) in [5.41, 5.74) is -0.553. The number of oxime groups is 1. The van der Waals surface area contributed by atoms with Crippen LogP contribution < -0.4 is 0 Å². The van der Waals surface area contributed by atoms with Gasteiger partial charge in [0.1, 0.15) is 0 Å². The van der Waals surface area contributed by atoms with Crippen LogP contribution in [0.1, 0.15) is 26.2 Å². The minimum atomic E-state index is -1.04. The van der Waals surface area contributed by atoms with E-state index in [4.69, 9.17) is 9.94 Å². The van der Waals surface area contributed by atoms with Gasteiger partial charge < -0.3 is 14.8 Å². The maximum atomic E-state index is 11.3. The molecule has 0 aromatic heterocycles. The number of likely N-dealkylation sites (tertiary alicyclic amines) is 1. The van der Waals surface area contributed by atoms with Crippen LogP contribution in [0, 0.1) is 0 Å². The zero-order valence-electron chi connectivity index (χ0n) is 9.10. The molecule has 0 aromatic carbocycles. The molecule has 0 bridgehead atoms. The van der Waals surface area contributed by atoms with Crippen LogP contribution in [-0.4, -0.2) is 46.3 Å². The van der Waals surface area contributed by atoms with Gasteiger partial charge in [-0.15, -0.1) is 0 Å². The van der Waals surface area contributed by atoms with Crippen LogP contribution in [0.25, 0.3) is 0 Å². The second-order valence-electron chi connectivity index (χ2n) is 4.34. The zero-order chi connectivity index (χ0) is 11.8. The Morgan fingerprint density at radius 3 is 2.88 bits per heavy atom. The Kier molecular flexibility index (Phi) is 2.57. The minimum absolute atomic E-state index is 0.00792. The SMILES string of the molecule is CC(=O)N1CCCC2(CC(C(=O)O)=NO2)C1. The van der Waals surface area contributed by atoms with Crippen molar-refractivity contribution in [1.82, 2.24) is 4.90 Å². The summed E-state index contributed by atoms with van der Waals surface area (Å²) in [7, 11) is 0. The summed E-state index contributed by atoms with van der Waals surface area (Å²) in [5, 5.41) is 12.4. The molecule has 1 amide bonds. The molecule has 0 aromatic rings. The maximum Gasteiger partial charge on any atom is 0.353 e. The van der Waals surface area contributed by atoms with Gasteiger partial charge in [-0.25, -0.2) is 4.79 Å². The Balaban J connectivity index is 2.06. The normalized spacial score (nSPS) is 28.8. The van der Waals surface area contributed by atoms with E-state index in [2.05, 4.69) is 5.16 Å². The highest BCUT2D eigenvalue weighted by Crippen LogP contribution is 2.33. The van der Waals surface area contributed by atoms with Crippen molar-refractivity contribution in [3.05, 3.63) is 0 Å². The topological polar surface area (TPSA) is 79.2 Å². The summed E-state index contributed by atoms with van der Waals surface area (Å²) in [4.78, 5) is 29.0. The van der Waals surface area contributed by atoms with Gasteiger partial charge in [-0.2, -0.15) is 0 Å². The summed E-state index contributed by atoms with van der Waals surface area (Å²) in [6.45, 7) is 2.65. The molecule has 16 heavy (non-hydrogen) atoms. The van der Waals surface area contributed by atoms with Gasteiger partial charge in [-0.1, -0.05) is 5.16 Å². The van der Waals surface area contributed by atoms with Gasteiger partial charge in [0.05, 0.1) is 6.54 Å². The average Bonchev–Trinajstić information content (AvgIpc) is 2.62. The summed E-state index contributed by atoms with van der Waals surface area (Å²) >= 11 is 0. The number of carboxylic acid groups (broad SMARTS) is 1. The molecule has 0 saturated carbocycles. The molecule has 1 fully saturated rings. The van der Waals surface area contributed by atoms with Crippen LogP contribution in [0.3, 0.4) is 0 Å². The van der Waals surface area contributed by atoms with Gasteiger partial charge in [-0.05, 0) is 12.8 Å². The third kappa shape index (κ3) is 1.87. The number of amides is 1. The molecule has 1 atom stereocenters. The Hall–Kier alpha value is -1.59. The van der Waals surface area contributed by atoms with E-state index in [9.17, 15) is 9.59 Å². The van der Waals surface area contributed by atoms with Crippen LogP contribution in [0.4, 0.5) is 0 Å². The molecule has 0 aliphatic carbocycles. The molecule has 0 radical (unpaired) electrons. The molecule has 2 heterocycles. The smallest absolute Gasteiger partial charge is 0.353 e. The lowest BCUT2D eigenvalue weighted by Crippen LogP contribution is -2.50. The first-order chi connectivity index (χ1) is 7.52. The average molecular weight is 226 g/mol. The highest BCUT2D eigenvalue weighted by Gasteiger charge is 2.45. The first kappa shape index (κ1) is 10.9. The van der Waals surface area contributed by atoms with Crippen molar-refractivity contribution in [2.75, 3.05) is 13.1 Å². The van der Waals surface area contributed by atoms with Gasteiger partial charge in [0.15, 0.2) is 11.3 Å². The fourth-order valence-corrected chi connectivity index (χ4v) is 2.22. The lowest BCUT2D eigenvalue weighted by molar-refractivity contribution is -0.138. The number of carbonyl (C=O) groups is 2. The molecule has 1 spiro atoms. The summed E-state index contributed by atoms with van der Waals surface area (Å²) < 4.78 is 0. The molecule has 2 rings (SSSR count). The van der Waals surface area contributed by atoms with Gasteiger partial charge in [0, 0.05) is 19.9 Å². The zero-order valence-corrected chi connectivity index (χ0v) is 9.10. The molecule has 6 nitrogen and oxygen atoms in total. The number of aliphatic carboxylic acids is 1. The van der Waals surface area contributed by atoms with Crippen molar-refractivity contribution in [1.29, 1.82) is 0 Å². The van der Waals surface area contributed by atoms with Crippen molar-refractivity contribution in [2.24, 2.45) is 5.16 Å². The summed E-state index contributed by atoms with van der Waals surface area (Å²) in [6, 6.07) is 0. The minimum Gasteiger partial charge on any atom is -0.477 e. The van der Waals surface area contributed by atoms with E-state index in [0.29, 0.717) is 13.1 Å². The van der Waals surface area contributed by atoms with E-state index >= 15 is 0 Å². The number of piperidine rings is 1. The largest absolute Gasteiger partial charge is 0.477 e. The number of hydrogen-bond acceptors (Lipinski definition) is 4. The summed E-state index contributed by atoms with van der Waals surface area (Å²) in [5.74, 6) is -1.05. The number of hydrogen-bond donors (Lipinski definition) is 1. The predicted octanol–water partition coefficient (Wildman–Crippen LogP) is 0.228. The number of rotatable bonds is 1. The maximum absolute atomic E-state index is 11.3.